The molecule has 3 saturated carbocycles. The minimum atomic E-state index is -0.426. The third-order valence-electron chi connectivity index (χ3n) is 7.43. The summed E-state index contributed by atoms with van der Waals surface area (Å²) in [7, 11) is 0. The van der Waals surface area contributed by atoms with Crippen LogP contribution in [-0.4, -0.2) is 41.3 Å². The Balaban J connectivity index is 1.32. The van der Waals surface area contributed by atoms with E-state index in [-0.39, 0.29) is 52.1 Å². The van der Waals surface area contributed by atoms with E-state index in [2.05, 4.69) is 10.6 Å². The number of benzene rings is 1. The Kier molecular flexibility index (Phi) is 6.03. The van der Waals surface area contributed by atoms with Crippen LogP contribution in [0.25, 0.3) is 0 Å². The van der Waals surface area contributed by atoms with Crippen molar-refractivity contribution in [1.29, 1.82) is 0 Å². The first-order valence-electron chi connectivity index (χ1n) is 11.0. The number of halogens is 1. The van der Waals surface area contributed by atoms with Crippen LogP contribution >= 0.6 is 11.8 Å². The number of hydrogen-bond donors (Lipinski definition) is 3. The first kappa shape index (κ1) is 22.1. The molecule has 0 heterocycles. The molecule has 3 aliphatic carbocycles. The smallest absolute Gasteiger partial charge is 0.230 e. The third-order valence-corrected chi connectivity index (χ3v) is 8.39. The highest BCUT2D eigenvalue weighted by Gasteiger charge is 2.60. The lowest BCUT2D eigenvalue weighted by atomic mass is 9.49. The molecule has 0 aliphatic heterocycles. The maximum Gasteiger partial charge on any atom is 0.230 e. The number of carbonyl (C=O) groups is 3. The second kappa shape index (κ2) is 8.45. The maximum absolute atomic E-state index is 13.4. The van der Waals surface area contributed by atoms with Crippen molar-refractivity contribution in [2.75, 3.05) is 11.5 Å². The molecule has 1 spiro atoms. The molecule has 0 radical (unpaired) electrons. The van der Waals surface area contributed by atoms with E-state index in [9.17, 15) is 18.8 Å². The summed E-state index contributed by atoms with van der Waals surface area (Å²) in [6, 6.07) is 4.93. The number of thioether (sulfide) groups is 1. The van der Waals surface area contributed by atoms with Gasteiger partial charge in [0.05, 0.1) is 16.9 Å². The molecule has 4 N–H and O–H groups in total. The van der Waals surface area contributed by atoms with Gasteiger partial charge in [-0.05, 0) is 68.7 Å². The van der Waals surface area contributed by atoms with Gasteiger partial charge in [-0.15, -0.1) is 11.8 Å². The fraction of sp³-hybridized carbons (Fsp3) is 0.609. The molecule has 6 nitrogen and oxygen atoms in total. The zero-order chi connectivity index (χ0) is 22.2. The third kappa shape index (κ3) is 4.45. The van der Waals surface area contributed by atoms with Crippen molar-refractivity contribution < 1.29 is 18.8 Å². The largest absolute Gasteiger partial charge is 0.369 e. The van der Waals surface area contributed by atoms with E-state index in [4.69, 9.17) is 5.73 Å². The van der Waals surface area contributed by atoms with Crippen LogP contribution in [0.2, 0.25) is 0 Å². The van der Waals surface area contributed by atoms with Gasteiger partial charge < -0.3 is 16.4 Å². The second-order valence-corrected chi connectivity index (χ2v) is 10.4. The zero-order valence-corrected chi connectivity index (χ0v) is 18.7. The molecule has 168 valence electrons. The predicted octanol–water partition coefficient (Wildman–Crippen LogP) is 2.22. The Labute approximate surface area is 186 Å². The van der Waals surface area contributed by atoms with Crippen molar-refractivity contribution in [3.8, 4) is 0 Å². The van der Waals surface area contributed by atoms with Gasteiger partial charge in [0, 0.05) is 17.5 Å². The highest BCUT2D eigenvalue weighted by atomic mass is 32.2. The summed E-state index contributed by atoms with van der Waals surface area (Å²) in [5.41, 5.74) is 6.60. The quantitative estimate of drug-likeness (QED) is 0.540. The average molecular weight is 448 g/mol. The van der Waals surface area contributed by atoms with E-state index in [1.165, 1.54) is 23.9 Å². The Morgan fingerprint density at radius 2 is 1.84 bits per heavy atom. The molecule has 0 saturated heterocycles. The molecule has 2 unspecified atom stereocenters. The van der Waals surface area contributed by atoms with Crippen molar-refractivity contribution in [3.05, 3.63) is 35.1 Å². The van der Waals surface area contributed by atoms with Crippen molar-refractivity contribution in [2.45, 2.75) is 64.0 Å². The van der Waals surface area contributed by atoms with Crippen molar-refractivity contribution in [1.82, 2.24) is 10.6 Å². The van der Waals surface area contributed by atoms with Gasteiger partial charge >= 0.3 is 0 Å². The second-order valence-electron chi connectivity index (χ2n) is 9.46. The summed E-state index contributed by atoms with van der Waals surface area (Å²) in [6.07, 6.45) is 6.20. The molecule has 31 heavy (non-hydrogen) atoms. The van der Waals surface area contributed by atoms with Crippen LogP contribution < -0.4 is 16.4 Å². The van der Waals surface area contributed by atoms with E-state index >= 15 is 0 Å². The van der Waals surface area contributed by atoms with E-state index in [0.29, 0.717) is 6.42 Å². The number of aryl methyl sites for hydroxylation is 1. The number of nitrogens with one attached hydrogen (secondary N) is 2. The summed E-state index contributed by atoms with van der Waals surface area (Å²) in [5, 5.41) is 6.39. The van der Waals surface area contributed by atoms with Crippen LogP contribution in [0.1, 0.15) is 49.7 Å². The summed E-state index contributed by atoms with van der Waals surface area (Å²) in [4.78, 5) is 36.2. The lowest BCUT2D eigenvalue weighted by Gasteiger charge is -2.61. The van der Waals surface area contributed by atoms with E-state index in [0.717, 1.165) is 49.7 Å². The van der Waals surface area contributed by atoms with E-state index < -0.39 is 5.91 Å². The Bertz CT molecular complexity index is 898. The van der Waals surface area contributed by atoms with Gasteiger partial charge in [-0.3, -0.25) is 14.4 Å². The van der Waals surface area contributed by atoms with Crippen molar-refractivity contribution in [2.24, 2.45) is 16.6 Å². The first-order chi connectivity index (χ1) is 14.7. The molecular formula is C23H30FN3O3S. The number of primary amides is 1. The fourth-order valence-electron chi connectivity index (χ4n) is 5.12. The fourth-order valence-corrected chi connectivity index (χ4v) is 5.70. The minimum Gasteiger partial charge on any atom is -0.369 e. The summed E-state index contributed by atoms with van der Waals surface area (Å²) in [5.74, 6) is -0.320. The molecule has 3 fully saturated rings. The van der Waals surface area contributed by atoms with Crippen LogP contribution in [0.5, 0.6) is 0 Å². The molecule has 1 aromatic carbocycles. The molecule has 2 atom stereocenters. The first-order valence-corrected chi connectivity index (χ1v) is 12.1. The molecule has 8 heteroatoms. The van der Waals surface area contributed by atoms with Crippen LogP contribution in [0, 0.1) is 23.6 Å². The lowest BCUT2D eigenvalue weighted by Crippen LogP contribution is -2.72. The SMILES string of the molecule is Cc1cc(F)ccc1CC1(C(=O)NC2CC(NC(=O)CSCC(N)=O)C23CCC3)CC1. The molecule has 0 aromatic heterocycles. The van der Waals surface area contributed by atoms with Gasteiger partial charge in [0.1, 0.15) is 5.82 Å². The minimum absolute atomic E-state index is 0.0401. The average Bonchev–Trinajstić information content (AvgIpc) is 3.42. The van der Waals surface area contributed by atoms with Crippen LogP contribution in [0.4, 0.5) is 4.39 Å². The van der Waals surface area contributed by atoms with E-state index in [1.807, 2.05) is 6.92 Å². The van der Waals surface area contributed by atoms with Crippen molar-refractivity contribution in [3.63, 3.8) is 0 Å². The number of amides is 3. The monoisotopic (exact) mass is 447 g/mol. The van der Waals surface area contributed by atoms with Gasteiger partial charge in [-0.1, -0.05) is 12.5 Å². The molecular weight excluding hydrogens is 417 g/mol. The highest BCUT2D eigenvalue weighted by Crippen LogP contribution is 2.57. The normalized spacial score (nSPS) is 24.6. The van der Waals surface area contributed by atoms with Gasteiger partial charge in [0.2, 0.25) is 17.7 Å². The Morgan fingerprint density at radius 1 is 1.13 bits per heavy atom. The zero-order valence-electron chi connectivity index (χ0n) is 17.8. The maximum atomic E-state index is 13.4. The highest BCUT2D eigenvalue weighted by molar-refractivity contribution is 8.00. The molecule has 3 aliphatic rings. The van der Waals surface area contributed by atoms with Crippen LogP contribution in [0.3, 0.4) is 0 Å². The molecule has 0 bridgehead atoms. The van der Waals surface area contributed by atoms with Crippen molar-refractivity contribution >= 4 is 29.5 Å². The van der Waals surface area contributed by atoms with Gasteiger partial charge in [0.25, 0.3) is 0 Å². The van der Waals surface area contributed by atoms with Crippen LogP contribution in [0.15, 0.2) is 18.2 Å². The summed E-state index contributed by atoms with van der Waals surface area (Å²) in [6.45, 7) is 1.89. The van der Waals surface area contributed by atoms with Gasteiger partial charge in [0.15, 0.2) is 0 Å². The number of nitrogens with two attached hydrogens (primary N) is 1. The Hall–Kier alpha value is -2.09. The van der Waals surface area contributed by atoms with Crippen LogP contribution in [-0.2, 0) is 20.8 Å². The topological polar surface area (TPSA) is 101 Å². The number of hydrogen-bond acceptors (Lipinski definition) is 4. The molecule has 4 rings (SSSR count). The lowest BCUT2D eigenvalue weighted by molar-refractivity contribution is -0.136. The molecule has 1 aromatic rings. The summed E-state index contributed by atoms with van der Waals surface area (Å²) < 4.78 is 13.4. The number of carbonyl (C=O) groups excluding carboxylic acids is 3. The summed E-state index contributed by atoms with van der Waals surface area (Å²) >= 11 is 1.22. The predicted molar refractivity (Wildman–Crippen MR) is 118 cm³/mol. The van der Waals surface area contributed by atoms with Gasteiger partial charge in [-0.2, -0.15) is 0 Å². The standard InChI is InChI=1S/C23H30FN3O3S/c1-14-9-16(24)4-3-15(14)11-22(7-8-22)21(30)27-18-10-17(23(18)5-2-6-23)26-20(29)13-31-12-19(25)28/h3-4,9,17-18H,2,5-8,10-13H2,1H3,(H2,25,28)(H,26,29)(H,27,30). The number of rotatable bonds is 9. The Morgan fingerprint density at radius 3 is 2.42 bits per heavy atom. The van der Waals surface area contributed by atoms with Gasteiger partial charge in [-0.25, -0.2) is 4.39 Å². The van der Waals surface area contributed by atoms with E-state index in [1.54, 1.807) is 6.07 Å². The molecule has 3 amide bonds.